The van der Waals surface area contributed by atoms with Gasteiger partial charge in [-0.1, -0.05) is 0 Å². The van der Waals surface area contributed by atoms with Gasteiger partial charge in [0.15, 0.2) is 0 Å². The monoisotopic (exact) mass is 210 g/mol. The maximum atomic E-state index is 10.9. The molecule has 0 radical (unpaired) electrons. The van der Waals surface area contributed by atoms with Gasteiger partial charge in [0.1, 0.15) is 5.75 Å². The van der Waals surface area contributed by atoms with Gasteiger partial charge in [0.2, 0.25) is 10.0 Å². The second kappa shape index (κ2) is 5.15. The van der Waals surface area contributed by atoms with Crippen LogP contribution in [0.25, 0.3) is 0 Å². The molecule has 0 aromatic heterocycles. The molecule has 0 aliphatic carbocycles. The zero-order valence-corrected chi connectivity index (χ0v) is 8.48. The summed E-state index contributed by atoms with van der Waals surface area (Å²) in [6.07, 6.45) is 0. The molecule has 0 heterocycles. The first-order valence-electron chi connectivity index (χ1n) is 3.80. The van der Waals surface area contributed by atoms with E-state index in [9.17, 15) is 18.3 Å². The number of hydrogen-bond donors (Lipinski definition) is 2. The van der Waals surface area contributed by atoms with E-state index in [4.69, 9.17) is 0 Å². The zero-order valence-electron chi connectivity index (χ0n) is 7.66. The fourth-order valence-corrected chi connectivity index (χ4v) is 1.49. The molecule has 0 amide bonds. The molecule has 0 aromatic carbocycles. The third-order valence-corrected chi connectivity index (χ3v) is 2.51. The summed E-state index contributed by atoms with van der Waals surface area (Å²) in [6, 6.07) is 0. The minimum Gasteiger partial charge on any atom is -0.549 e. The van der Waals surface area contributed by atoms with Gasteiger partial charge in [0.25, 0.3) is 0 Å². The molecule has 0 bridgehead atoms. The van der Waals surface area contributed by atoms with Crippen LogP contribution in [0, 0.1) is 0 Å². The average molecular weight is 210 g/mol. The van der Waals surface area contributed by atoms with Gasteiger partial charge in [-0.3, -0.25) is 0 Å². The molecule has 6 nitrogen and oxygen atoms in total. The van der Waals surface area contributed by atoms with Crippen molar-refractivity contribution in [3.8, 4) is 0 Å². The first kappa shape index (κ1) is 12.3. The van der Waals surface area contributed by atoms with Crippen molar-refractivity contribution in [3.63, 3.8) is 0 Å². The number of carboxylic acids is 1. The molecular formula is C6H14N2O4S. The highest BCUT2D eigenvalue weighted by Gasteiger charge is 2.09. The van der Waals surface area contributed by atoms with Crippen LogP contribution in [-0.2, 0) is 14.8 Å². The van der Waals surface area contributed by atoms with Crippen molar-refractivity contribution in [1.82, 2.24) is 4.72 Å². The van der Waals surface area contributed by atoms with Gasteiger partial charge in [0.05, 0.1) is 33.2 Å². The Labute approximate surface area is 77.6 Å². The highest BCUT2D eigenvalue weighted by molar-refractivity contribution is 7.90. The molecule has 0 rings (SSSR count). The van der Waals surface area contributed by atoms with Crippen LogP contribution >= 0.6 is 0 Å². The van der Waals surface area contributed by atoms with Crippen molar-refractivity contribution in [1.29, 1.82) is 0 Å². The van der Waals surface area contributed by atoms with E-state index in [2.05, 4.69) is 4.72 Å². The van der Waals surface area contributed by atoms with E-state index < -0.39 is 21.7 Å². The fraction of sp³-hybridized carbons (Fsp3) is 0.833. The fourth-order valence-electron chi connectivity index (χ4n) is 0.663. The Balaban J connectivity index is 3.84. The van der Waals surface area contributed by atoms with Crippen LogP contribution in [0.15, 0.2) is 0 Å². The molecule has 0 saturated carbocycles. The summed E-state index contributed by atoms with van der Waals surface area (Å²) in [4.78, 5) is 11.1. The molecule has 0 aliphatic heterocycles. The standard InChI is InChI=1S/C6H14N2O4S/c1-8(2)4-3-7-13(11,12)5-6(9)10/h7H,3-5H2,1-2H3,(H,9,10). The highest BCUT2D eigenvalue weighted by atomic mass is 32.2. The van der Waals surface area contributed by atoms with Crippen LogP contribution in [-0.4, -0.2) is 47.3 Å². The third kappa shape index (κ3) is 7.69. The maximum Gasteiger partial charge on any atom is 0.217 e. The van der Waals surface area contributed by atoms with Gasteiger partial charge in [0, 0.05) is 0 Å². The highest BCUT2D eigenvalue weighted by Crippen LogP contribution is 1.79. The first-order valence-corrected chi connectivity index (χ1v) is 5.45. The number of likely N-dealkylation sites (N-methyl/N-ethyl adjacent to an activating group) is 1. The van der Waals surface area contributed by atoms with Gasteiger partial charge >= 0.3 is 0 Å². The lowest BCUT2D eigenvalue weighted by Gasteiger charge is -2.09. The van der Waals surface area contributed by atoms with E-state index in [1.54, 1.807) is 0 Å². The van der Waals surface area contributed by atoms with Crippen LogP contribution in [0.2, 0.25) is 0 Å². The summed E-state index contributed by atoms with van der Waals surface area (Å²) in [7, 11) is 0.0343. The van der Waals surface area contributed by atoms with E-state index in [0.29, 0.717) is 6.54 Å². The molecule has 0 fully saturated rings. The summed E-state index contributed by atoms with van der Waals surface area (Å²) in [6.45, 7) is 0.838. The van der Waals surface area contributed by atoms with Crippen LogP contribution < -0.4 is 14.7 Å². The minimum absolute atomic E-state index is 0.234. The van der Waals surface area contributed by atoms with Crippen molar-refractivity contribution in [2.24, 2.45) is 0 Å². The molecule has 2 N–H and O–H groups in total. The molecular weight excluding hydrogens is 196 g/mol. The van der Waals surface area contributed by atoms with Crippen molar-refractivity contribution in [2.45, 2.75) is 0 Å². The van der Waals surface area contributed by atoms with Crippen molar-refractivity contribution >= 4 is 16.0 Å². The van der Waals surface area contributed by atoms with Gasteiger partial charge < -0.3 is 14.8 Å². The summed E-state index contributed by atoms with van der Waals surface area (Å²) < 4.78 is 23.9. The second-order valence-electron chi connectivity index (χ2n) is 2.98. The van der Waals surface area contributed by atoms with E-state index in [1.165, 1.54) is 0 Å². The number of carbonyl (C=O) groups excluding carboxylic acids is 1. The van der Waals surface area contributed by atoms with E-state index in [1.807, 2.05) is 14.1 Å². The van der Waals surface area contributed by atoms with E-state index in [-0.39, 0.29) is 6.54 Å². The number of carbonyl (C=O) groups is 1. The number of hydrogen-bond acceptors (Lipinski definition) is 4. The van der Waals surface area contributed by atoms with Gasteiger partial charge in [-0.05, 0) is 0 Å². The normalized spacial score (nSPS) is 11.9. The number of rotatable bonds is 6. The molecule has 0 aromatic rings. The summed E-state index contributed by atoms with van der Waals surface area (Å²) >= 11 is 0. The summed E-state index contributed by atoms with van der Waals surface area (Å²) in [5.41, 5.74) is 0. The van der Waals surface area contributed by atoms with Crippen LogP contribution in [0.5, 0.6) is 0 Å². The zero-order chi connectivity index (χ0) is 10.5. The maximum absolute atomic E-state index is 10.9. The van der Waals surface area contributed by atoms with Crippen LogP contribution in [0.1, 0.15) is 0 Å². The molecule has 0 atom stereocenters. The Morgan fingerprint density at radius 3 is 2.38 bits per heavy atom. The van der Waals surface area contributed by atoms with Gasteiger partial charge in [-0.25, -0.2) is 13.1 Å². The van der Waals surface area contributed by atoms with E-state index in [0.717, 1.165) is 4.90 Å². The lowest BCUT2D eigenvalue weighted by Crippen LogP contribution is -3.06. The Bertz CT molecular complexity index is 260. The van der Waals surface area contributed by atoms with E-state index >= 15 is 0 Å². The predicted molar refractivity (Wildman–Crippen MR) is 44.5 cm³/mol. The lowest BCUT2D eigenvalue weighted by molar-refractivity contribution is -0.856. The summed E-state index contributed by atoms with van der Waals surface area (Å²) in [5, 5.41) is 9.98. The smallest absolute Gasteiger partial charge is 0.217 e. The Morgan fingerprint density at radius 1 is 1.46 bits per heavy atom. The van der Waals surface area contributed by atoms with Crippen molar-refractivity contribution in [2.75, 3.05) is 32.9 Å². The van der Waals surface area contributed by atoms with Crippen LogP contribution in [0.4, 0.5) is 0 Å². The number of aliphatic carboxylic acids is 1. The first-order chi connectivity index (χ1) is 5.83. The Morgan fingerprint density at radius 2 is 2.00 bits per heavy atom. The topological polar surface area (TPSA) is 90.7 Å². The van der Waals surface area contributed by atoms with Gasteiger partial charge in [-0.15, -0.1) is 0 Å². The molecule has 13 heavy (non-hydrogen) atoms. The van der Waals surface area contributed by atoms with Crippen molar-refractivity contribution in [3.05, 3.63) is 0 Å². The van der Waals surface area contributed by atoms with Gasteiger partial charge in [-0.2, -0.15) is 0 Å². The second-order valence-corrected chi connectivity index (χ2v) is 4.79. The lowest BCUT2D eigenvalue weighted by atomic mass is 10.6. The molecule has 0 unspecified atom stereocenters. The molecule has 0 saturated heterocycles. The average Bonchev–Trinajstić information content (AvgIpc) is 1.81. The summed E-state index contributed by atoms with van der Waals surface area (Å²) in [5.74, 6) is -2.57. The molecule has 0 spiro atoms. The third-order valence-electron chi connectivity index (χ3n) is 1.25. The number of quaternary nitrogens is 1. The number of carboxylic acid groups (broad SMARTS) is 1. The number of nitrogens with one attached hydrogen (secondary N) is 2. The number of sulfonamides is 1. The predicted octanol–water partition coefficient (Wildman–Crippen LogP) is -4.20. The largest absolute Gasteiger partial charge is 0.549 e. The molecule has 0 aliphatic rings. The van der Waals surface area contributed by atoms with Crippen molar-refractivity contribution < 1.29 is 23.2 Å². The molecule has 78 valence electrons. The minimum atomic E-state index is -3.70. The quantitative estimate of drug-likeness (QED) is 0.465. The Hall–Kier alpha value is -0.660. The molecule has 7 heteroatoms. The van der Waals surface area contributed by atoms with Crippen LogP contribution in [0.3, 0.4) is 0 Å². The Kier molecular flexibility index (Phi) is 4.89. The SMILES string of the molecule is C[NH+](C)CCNS(=O)(=O)CC(=O)[O-].